The minimum absolute atomic E-state index is 0.435. The Labute approximate surface area is 121 Å². The van der Waals surface area contributed by atoms with Crippen LogP contribution in [0.3, 0.4) is 0 Å². The molecule has 4 nitrogen and oxygen atoms in total. The smallest absolute Gasteiger partial charge is 0.350 e. The van der Waals surface area contributed by atoms with Gasteiger partial charge in [0.15, 0.2) is 0 Å². The predicted molar refractivity (Wildman–Crippen MR) is 72.8 cm³/mol. The molecule has 1 aromatic rings. The van der Waals surface area contributed by atoms with E-state index in [-0.39, 0.29) is 0 Å². The first-order valence-electron chi connectivity index (χ1n) is 6.64. The third-order valence-corrected chi connectivity index (χ3v) is 2.99. The van der Waals surface area contributed by atoms with Crippen molar-refractivity contribution in [3.05, 3.63) is 34.2 Å². The summed E-state index contributed by atoms with van der Waals surface area (Å²) in [6.45, 7) is 5.17. The maximum absolute atomic E-state index is 12.6. The third kappa shape index (κ3) is 4.91. The van der Waals surface area contributed by atoms with Gasteiger partial charge in [-0.1, -0.05) is 13.3 Å². The van der Waals surface area contributed by atoms with E-state index in [9.17, 15) is 22.8 Å². The summed E-state index contributed by atoms with van der Waals surface area (Å²) in [5.41, 5.74) is -2.95. The van der Waals surface area contributed by atoms with Crippen LogP contribution in [0.25, 0.3) is 0 Å². The first kappa shape index (κ1) is 17.3. The molecule has 0 unspecified atom stereocenters. The Kier molecular flexibility index (Phi) is 5.20. The highest BCUT2D eigenvalue weighted by Crippen LogP contribution is 2.25. The molecule has 1 aromatic heterocycles. The number of alkyl halides is 3. The molecule has 0 atom stereocenters. The minimum Gasteiger partial charge on any atom is -0.350 e. The number of amides is 1. The van der Waals surface area contributed by atoms with Gasteiger partial charge in [0.1, 0.15) is 12.1 Å². The lowest BCUT2D eigenvalue weighted by molar-refractivity contribution is -0.139. The van der Waals surface area contributed by atoms with Crippen LogP contribution in [-0.2, 0) is 17.5 Å². The second-order valence-electron chi connectivity index (χ2n) is 5.53. The van der Waals surface area contributed by atoms with Crippen LogP contribution in [0.2, 0.25) is 0 Å². The number of nitrogens with zero attached hydrogens (tertiary/aromatic N) is 1. The first-order chi connectivity index (χ1) is 9.57. The molecule has 0 radical (unpaired) electrons. The largest absolute Gasteiger partial charge is 0.421 e. The Balaban J connectivity index is 2.90. The number of pyridine rings is 1. The molecule has 0 bridgehead atoms. The maximum Gasteiger partial charge on any atom is 0.421 e. The van der Waals surface area contributed by atoms with Crippen LogP contribution in [0.15, 0.2) is 23.1 Å². The molecule has 0 aliphatic heterocycles. The van der Waals surface area contributed by atoms with Crippen molar-refractivity contribution in [2.75, 3.05) is 0 Å². The highest BCUT2D eigenvalue weighted by molar-refractivity contribution is 5.76. The molecular weight excluding hydrogens is 285 g/mol. The van der Waals surface area contributed by atoms with Crippen molar-refractivity contribution in [2.24, 2.45) is 0 Å². The topological polar surface area (TPSA) is 51.1 Å². The van der Waals surface area contributed by atoms with Gasteiger partial charge in [0.2, 0.25) is 5.91 Å². The second kappa shape index (κ2) is 6.32. The van der Waals surface area contributed by atoms with Crippen LogP contribution in [-0.4, -0.2) is 16.0 Å². The SMILES string of the molecule is CCCC(C)(C)NC(=O)Cn1cccc(C(F)(F)F)c1=O. The fourth-order valence-electron chi connectivity index (χ4n) is 2.14. The van der Waals surface area contributed by atoms with Gasteiger partial charge in [0, 0.05) is 11.7 Å². The Morgan fingerprint density at radius 3 is 2.48 bits per heavy atom. The fourth-order valence-corrected chi connectivity index (χ4v) is 2.14. The van der Waals surface area contributed by atoms with Crippen LogP contribution in [0.5, 0.6) is 0 Å². The predicted octanol–water partition coefficient (Wildman–Crippen LogP) is 2.56. The Morgan fingerprint density at radius 1 is 1.33 bits per heavy atom. The molecule has 0 aromatic carbocycles. The van der Waals surface area contributed by atoms with Crippen molar-refractivity contribution in [1.29, 1.82) is 0 Å². The standard InChI is InChI=1S/C14H19F3N2O2/c1-4-7-13(2,3)18-11(20)9-19-8-5-6-10(12(19)21)14(15,16)17/h5-6,8H,4,7,9H2,1-3H3,(H,18,20). The van der Waals surface area contributed by atoms with E-state index in [1.807, 2.05) is 20.8 Å². The zero-order valence-electron chi connectivity index (χ0n) is 12.3. The second-order valence-corrected chi connectivity index (χ2v) is 5.53. The summed E-state index contributed by atoms with van der Waals surface area (Å²) in [7, 11) is 0. The van der Waals surface area contributed by atoms with Crippen LogP contribution in [0, 0.1) is 0 Å². The van der Waals surface area contributed by atoms with Crippen molar-refractivity contribution >= 4 is 5.91 Å². The van der Waals surface area contributed by atoms with Crippen LogP contribution in [0.1, 0.15) is 39.2 Å². The van der Waals surface area contributed by atoms with Gasteiger partial charge in [-0.3, -0.25) is 9.59 Å². The number of nitrogens with one attached hydrogen (secondary N) is 1. The quantitative estimate of drug-likeness (QED) is 0.909. The summed E-state index contributed by atoms with van der Waals surface area (Å²) in [6.07, 6.45) is -1.96. The van der Waals surface area contributed by atoms with Gasteiger partial charge in [0.05, 0.1) is 0 Å². The number of rotatable bonds is 5. The molecule has 0 saturated heterocycles. The van der Waals surface area contributed by atoms with Gasteiger partial charge in [0.25, 0.3) is 5.56 Å². The zero-order chi connectivity index (χ0) is 16.3. The lowest BCUT2D eigenvalue weighted by Gasteiger charge is -2.26. The summed E-state index contributed by atoms with van der Waals surface area (Å²) in [5.74, 6) is -0.491. The number of halogens is 3. The van der Waals surface area contributed by atoms with E-state index in [1.165, 1.54) is 6.20 Å². The van der Waals surface area contributed by atoms with Gasteiger partial charge < -0.3 is 9.88 Å². The molecule has 0 saturated carbocycles. The number of hydrogen-bond donors (Lipinski definition) is 1. The summed E-state index contributed by atoms with van der Waals surface area (Å²) >= 11 is 0. The highest BCUT2D eigenvalue weighted by atomic mass is 19.4. The molecular formula is C14H19F3N2O2. The molecule has 0 spiro atoms. The summed E-state index contributed by atoms with van der Waals surface area (Å²) < 4.78 is 38.6. The van der Waals surface area contributed by atoms with E-state index in [0.29, 0.717) is 6.07 Å². The number of carbonyl (C=O) groups is 1. The van der Waals surface area contributed by atoms with Crippen LogP contribution < -0.4 is 10.9 Å². The lowest BCUT2D eigenvalue weighted by Crippen LogP contribution is -2.45. The monoisotopic (exact) mass is 304 g/mol. The number of aromatic nitrogens is 1. The average molecular weight is 304 g/mol. The van der Waals surface area contributed by atoms with E-state index in [1.54, 1.807) is 0 Å². The van der Waals surface area contributed by atoms with Gasteiger partial charge in [-0.25, -0.2) is 0 Å². The summed E-state index contributed by atoms with van der Waals surface area (Å²) in [6, 6.07) is 1.81. The Hall–Kier alpha value is -1.79. The first-order valence-corrected chi connectivity index (χ1v) is 6.64. The Morgan fingerprint density at radius 2 is 1.95 bits per heavy atom. The van der Waals surface area contributed by atoms with Crippen molar-refractivity contribution in [3.8, 4) is 0 Å². The maximum atomic E-state index is 12.6. The van der Waals surface area contributed by atoms with Crippen LogP contribution >= 0.6 is 0 Å². The Bertz CT molecular complexity index is 562. The zero-order valence-corrected chi connectivity index (χ0v) is 12.3. The van der Waals surface area contributed by atoms with Crippen molar-refractivity contribution in [3.63, 3.8) is 0 Å². The van der Waals surface area contributed by atoms with E-state index in [4.69, 9.17) is 0 Å². The van der Waals surface area contributed by atoms with E-state index < -0.39 is 35.3 Å². The van der Waals surface area contributed by atoms with E-state index in [0.717, 1.165) is 23.5 Å². The normalized spacial score (nSPS) is 12.3. The number of carbonyl (C=O) groups excluding carboxylic acids is 1. The number of hydrogen-bond acceptors (Lipinski definition) is 2. The molecule has 1 N–H and O–H groups in total. The molecule has 0 fully saturated rings. The van der Waals surface area contributed by atoms with E-state index in [2.05, 4.69) is 5.32 Å². The lowest BCUT2D eigenvalue weighted by atomic mass is 9.99. The van der Waals surface area contributed by atoms with Gasteiger partial charge in [-0.15, -0.1) is 0 Å². The van der Waals surface area contributed by atoms with Gasteiger partial charge in [-0.05, 0) is 32.4 Å². The molecule has 1 amide bonds. The molecule has 118 valence electrons. The van der Waals surface area contributed by atoms with Crippen molar-refractivity contribution < 1.29 is 18.0 Å². The van der Waals surface area contributed by atoms with Crippen molar-refractivity contribution in [1.82, 2.24) is 9.88 Å². The van der Waals surface area contributed by atoms with Crippen LogP contribution in [0.4, 0.5) is 13.2 Å². The summed E-state index contributed by atoms with van der Waals surface area (Å²) in [5, 5.41) is 2.71. The molecule has 21 heavy (non-hydrogen) atoms. The highest BCUT2D eigenvalue weighted by Gasteiger charge is 2.34. The molecule has 7 heteroatoms. The van der Waals surface area contributed by atoms with Gasteiger partial charge >= 0.3 is 6.18 Å². The molecule has 0 aliphatic rings. The third-order valence-electron chi connectivity index (χ3n) is 2.99. The molecule has 1 heterocycles. The van der Waals surface area contributed by atoms with E-state index >= 15 is 0 Å². The average Bonchev–Trinajstić information content (AvgIpc) is 2.29. The molecule has 0 aliphatic carbocycles. The van der Waals surface area contributed by atoms with Gasteiger partial charge in [-0.2, -0.15) is 13.2 Å². The minimum atomic E-state index is -4.72. The fraction of sp³-hybridized carbons (Fsp3) is 0.571. The van der Waals surface area contributed by atoms with Crippen molar-refractivity contribution in [2.45, 2.75) is 51.9 Å². The molecule has 1 rings (SSSR count). The summed E-state index contributed by atoms with van der Waals surface area (Å²) in [4.78, 5) is 23.6.